The molecular formula is C23H28N2O4S. The maximum atomic E-state index is 12.9. The quantitative estimate of drug-likeness (QED) is 0.725. The molecule has 2 aromatic carbocycles. The number of rotatable bonds is 7. The first-order valence-electron chi connectivity index (χ1n) is 10.4. The van der Waals surface area contributed by atoms with E-state index in [1.165, 1.54) is 17.1 Å². The number of sulfonamides is 1. The van der Waals surface area contributed by atoms with Crippen LogP contribution in [0.2, 0.25) is 0 Å². The first-order chi connectivity index (χ1) is 14.3. The highest BCUT2D eigenvalue weighted by molar-refractivity contribution is 7.92. The van der Waals surface area contributed by atoms with Gasteiger partial charge in [0.15, 0.2) is 0 Å². The Morgan fingerprint density at radius 2 is 1.70 bits per heavy atom. The van der Waals surface area contributed by atoms with E-state index < -0.39 is 16.1 Å². The normalized spacial score (nSPS) is 23.7. The first-order valence-corrected chi connectivity index (χ1v) is 12.3. The van der Waals surface area contributed by atoms with Crippen LogP contribution in [0.1, 0.15) is 32.6 Å². The average Bonchev–Trinajstić information content (AvgIpc) is 3.32. The minimum absolute atomic E-state index is 0.168. The van der Waals surface area contributed by atoms with Crippen molar-refractivity contribution in [3.8, 4) is 11.5 Å². The van der Waals surface area contributed by atoms with Crippen molar-refractivity contribution in [2.75, 3.05) is 10.6 Å². The molecule has 6 nitrogen and oxygen atoms in total. The summed E-state index contributed by atoms with van der Waals surface area (Å²) in [5.74, 6) is 2.29. The van der Waals surface area contributed by atoms with Gasteiger partial charge in [-0.2, -0.15) is 0 Å². The standard InChI is InChI=1S/C23H28N2O4S/c1-16(23(26)24-22-15-17-8-9-18(22)14-17)25(30(2,27)28)19-10-12-21(13-11-19)29-20-6-4-3-5-7-20/h3-7,10-13,16-18,22H,8-9,14-15H2,1-2H3,(H,24,26)/t16-,17-,18-,22+/m0/s1. The summed E-state index contributed by atoms with van der Waals surface area (Å²) in [7, 11) is -3.65. The molecule has 0 aromatic heterocycles. The van der Waals surface area contributed by atoms with E-state index in [2.05, 4.69) is 5.32 Å². The van der Waals surface area contributed by atoms with E-state index in [0.29, 0.717) is 29.0 Å². The number of nitrogens with zero attached hydrogens (tertiary/aromatic N) is 1. The minimum Gasteiger partial charge on any atom is -0.457 e. The maximum absolute atomic E-state index is 12.9. The van der Waals surface area contributed by atoms with Gasteiger partial charge in [-0.3, -0.25) is 9.10 Å². The van der Waals surface area contributed by atoms with Crippen LogP contribution in [0, 0.1) is 11.8 Å². The molecule has 0 aliphatic heterocycles. The molecular weight excluding hydrogens is 400 g/mol. The van der Waals surface area contributed by atoms with Crippen LogP contribution < -0.4 is 14.4 Å². The van der Waals surface area contributed by atoms with Crippen LogP contribution in [0.25, 0.3) is 0 Å². The molecule has 2 bridgehead atoms. The first kappa shape index (κ1) is 20.7. The Kier molecular flexibility index (Phi) is 5.73. The van der Waals surface area contributed by atoms with Crippen molar-refractivity contribution in [2.24, 2.45) is 11.8 Å². The van der Waals surface area contributed by atoms with Crippen LogP contribution in [0.15, 0.2) is 54.6 Å². The summed E-state index contributed by atoms with van der Waals surface area (Å²) in [6.07, 6.45) is 5.72. The third-order valence-electron chi connectivity index (χ3n) is 6.22. The summed E-state index contributed by atoms with van der Waals surface area (Å²) in [5.41, 5.74) is 0.438. The Balaban J connectivity index is 1.48. The summed E-state index contributed by atoms with van der Waals surface area (Å²) in [6, 6.07) is 15.4. The third-order valence-corrected chi connectivity index (χ3v) is 7.47. The van der Waals surface area contributed by atoms with Gasteiger partial charge in [-0.25, -0.2) is 8.42 Å². The van der Waals surface area contributed by atoms with E-state index in [1.807, 2.05) is 30.3 Å². The highest BCUT2D eigenvalue weighted by atomic mass is 32.2. The molecule has 1 N–H and O–H groups in total. The zero-order chi connectivity index (χ0) is 21.3. The number of hydrogen-bond acceptors (Lipinski definition) is 4. The van der Waals surface area contributed by atoms with Gasteiger partial charge in [0.05, 0.1) is 11.9 Å². The topological polar surface area (TPSA) is 75.7 Å². The van der Waals surface area contributed by atoms with Crippen molar-refractivity contribution < 1.29 is 17.9 Å². The van der Waals surface area contributed by atoms with E-state index in [4.69, 9.17) is 4.74 Å². The van der Waals surface area contributed by atoms with Crippen LogP contribution in [-0.2, 0) is 14.8 Å². The van der Waals surface area contributed by atoms with E-state index in [1.54, 1.807) is 31.2 Å². The average molecular weight is 429 g/mol. The second-order valence-electron chi connectivity index (χ2n) is 8.43. The van der Waals surface area contributed by atoms with Crippen molar-refractivity contribution in [2.45, 2.75) is 44.7 Å². The molecule has 7 heteroatoms. The number of hydrogen-bond donors (Lipinski definition) is 1. The Hall–Kier alpha value is -2.54. The molecule has 0 saturated heterocycles. The second-order valence-corrected chi connectivity index (χ2v) is 10.3. The fourth-order valence-electron chi connectivity index (χ4n) is 4.82. The van der Waals surface area contributed by atoms with Gasteiger partial charge in [-0.05, 0) is 74.4 Å². The molecule has 1 amide bonds. The molecule has 160 valence electrons. The fraction of sp³-hybridized carbons (Fsp3) is 0.435. The number of carbonyl (C=O) groups is 1. The number of nitrogens with one attached hydrogen (secondary N) is 1. The molecule has 0 heterocycles. The van der Waals surface area contributed by atoms with Crippen LogP contribution in [0.4, 0.5) is 5.69 Å². The SMILES string of the molecule is C[C@@H](C(=O)N[C@@H]1C[C@H]2CC[C@H]1C2)N(c1ccc(Oc2ccccc2)cc1)S(C)(=O)=O. The van der Waals surface area contributed by atoms with Crippen LogP contribution in [0.3, 0.4) is 0 Å². The van der Waals surface area contributed by atoms with Crippen molar-refractivity contribution in [1.29, 1.82) is 0 Å². The maximum Gasteiger partial charge on any atom is 0.243 e. The lowest BCUT2D eigenvalue weighted by Crippen LogP contribution is -2.51. The highest BCUT2D eigenvalue weighted by Gasteiger charge is 2.41. The lowest BCUT2D eigenvalue weighted by molar-refractivity contribution is -0.122. The number of fused-ring (bicyclic) bond motifs is 2. The van der Waals surface area contributed by atoms with E-state index >= 15 is 0 Å². The summed E-state index contributed by atoms with van der Waals surface area (Å²) < 4.78 is 32.0. The molecule has 2 fully saturated rings. The Morgan fingerprint density at radius 3 is 2.27 bits per heavy atom. The number of anilines is 1. The number of amides is 1. The fourth-order valence-corrected chi connectivity index (χ4v) is 5.99. The molecule has 4 rings (SSSR count). The molecule has 30 heavy (non-hydrogen) atoms. The number of carbonyl (C=O) groups excluding carboxylic acids is 1. The Morgan fingerprint density at radius 1 is 1.03 bits per heavy atom. The molecule has 0 spiro atoms. The smallest absolute Gasteiger partial charge is 0.243 e. The van der Waals surface area contributed by atoms with Crippen molar-refractivity contribution >= 4 is 21.6 Å². The molecule has 2 aliphatic carbocycles. The second kappa shape index (κ2) is 8.30. The summed E-state index contributed by atoms with van der Waals surface area (Å²) in [5, 5.41) is 3.11. The van der Waals surface area contributed by atoms with Gasteiger partial charge in [0.25, 0.3) is 0 Å². The number of para-hydroxylation sites is 1. The summed E-state index contributed by atoms with van der Waals surface area (Å²) in [6.45, 7) is 1.64. The molecule has 0 radical (unpaired) electrons. The summed E-state index contributed by atoms with van der Waals surface area (Å²) in [4.78, 5) is 12.9. The summed E-state index contributed by atoms with van der Waals surface area (Å²) >= 11 is 0. The number of ether oxygens (including phenoxy) is 1. The van der Waals surface area contributed by atoms with Gasteiger partial charge in [-0.15, -0.1) is 0 Å². The van der Waals surface area contributed by atoms with Gasteiger partial charge < -0.3 is 10.1 Å². The molecule has 2 aliphatic rings. The van der Waals surface area contributed by atoms with E-state index in [9.17, 15) is 13.2 Å². The lowest BCUT2D eigenvalue weighted by Gasteiger charge is -2.31. The predicted octanol–water partition coefficient (Wildman–Crippen LogP) is 3.94. The van der Waals surface area contributed by atoms with Gasteiger partial charge in [-0.1, -0.05) is 24.6 Å². The monoisotopic (exact) mass is 428 g/mol. The van der Waals surface area contributed by atoms with Crippen LogP contribution in [-0.4, -0.2) is 32.7 Å². The third kappa shape index (κ3) is 4.46. The zero-order valence-corrected chi connectivity index (χ0v) is 18.1. The Bertz CT molecular complexity index is 992. The van der Waals surface area contributed by atoms with Gasteiger partial charge in [0, 0.05) is 6.04 Å². The van der Waals surface area contributed by atoms with E-state index in [-0.39, 0.29) is 11.9 Å². The number of benzene rings is 2. The van der Waals surface area contributed by atoms with Crippen LogP contribution in [0.5, 0.6) is 11.5 Å². The zero-order valence-electron chi connectivity index (χ0n) is 17.3. The van der Waals surface area contributed by atoms with Gasteiger partial charge in [0.1, 0.15) is 17.5 Å². The Labute approximate surface area is 178 Å². The van der Waals surface area contributed by atoms with Gasteiger partial charge >= 0.3 is 0 Å². The molecule has 2 aromatic rings. The minimum atomic E-state index is -3.65. The van der Waals surface area contributed by atoms with Gasteiger partial charge in [0.2, 0.25) is 15.9 Å². The molecule has 2 saturated carbocycles. The van der Waals surface area contributed by atoms with Crippen molar-refractivity contribution in [3.63, 3.8) is 0 Å². The van der Waals surface area contributed by atoms with Crippen molar-refractivity contribution in [1.82, 2.24) is 5.32 Å². The molecule has 0 unspecified atom stereocenters. The lowest BCUT2D eigenvalue weighted by atomic mass is 9.95. The van der Waals surface area contributed by atoms with E-state index in [0.717, 1.165) is 19.1 Å². The predicted molar refractivity (Wildman–Crippen MR) is 117 cm³/mol. The van der Waals surface area contributed by atoms with Crippen molar-refractivity contribution in [3.05, 3.63) is 54.6 Å². The highest BCUT2D eigenvalue weighted by Crippen LogP contribution is 2.44. The molecule has 4 atom stereocenters. The largest absolute Gasteiger partial charge is 0.457 e. The van der Waals surface area contributed by atoms with Crippen LogP contribution >= 0.6 is 0 Å².